The van der Waals surface area contributed by atoms with Crippen molar-refractivity contribution in [3.05, 3.63) is 23.4 Å². The van der Waals surface area contributed by atoms with Crippen molar-refractivity contribution in [3.63, 3.8) is 0 Å². The maximum Gasteiger partial charge on any atom is 0.203 e. The van der Waals surface area contributed by atoms with Crippen LogP contribution in [0.5, 0.6) is 17.2 Å². The summed E-state index contributed by atoms with van der Waals surface area (Å²) in [6.07, 6.45) is 3.12. The molecule has 0 fully saturated rings. The summed E-state index contributed by atoms with van der Waals surface area (Å²) in [7, 11) is 4.80. The van der Waals surface area contributed by atoms with Crippen LogP contribution in [0.3, 0.4) is 0 Å². The highest BCUT2D eigenvalue weighted by molar-refractivity contribution is 5.70. The van der Waals surface area contributed by atoms with Gasteiger partial charge in [0.1, 0.15) is 0 Å². The van der Waals surface area contributed by atoms with Crippen molar-refractivity contribution >= 4 is 0 Å². The number of hydrogen-bond acceptors (Lipinski definition) is 5. The number of benzene rings is 1. The van der Waals surface area contributed by atoms with Crippen LogP contribution in [-0.4, -0.2) is 26.5 Å². The highest BCUT2D eigenvalue weighted by Crippen LogP contribution is 2.43. The van der Waals surface area contributed by atoms with Crippen LogP contribution < -0.4 is 14.2 Å². The fraction of sp³-hybridized carbons (Fsp3) is 0.400. The molecule has 3 rings (SSSR count). The topological polar surface area (TPSA) is 53.7 Å². The number of hydrogen-bond donors (Lipinski definition) is 0. The van der Waals surface area contributed by atoms with Crippen LogP contribution in [0, 0.1) is 0 Å². The molecule has 5 heteroatoms. The predicted octanol–water partition coefficient (Wildman–Crippen LogP) is 2.86. The zero-order valence-corrected chi connectivity index (χ0v) is 11.9. The maximum atomic E-state index is 5.49. The van der Waals surface area contributed by atoms with E-state index < -0.39 is 0 Å². The van der Waals surface area contributed by atoms with Gasteiger partial charge in [-0.25, -0.2) is 0 Å². The van der Waals surface area contributed by atoms with E-state index in [0.717, 1.165) is 36.3 Å². The van der Waals surface area contributed by atoms with Gasteiger partial charge in [-0.05, 0) is 31.4 Å². The molecule has 1 aliphatic carbocycles. The van der Waals surface area contributed by atoms with Crippen molar-refractivity contribution in [2.75, 3.05) is 21.3 Å². The van der Waals surface area contributed by atoms with Crippen molar-refractivity contribution in [2.45, 2.75) is 19.3 Å². The van der Waals surface area contributed by atoms with Crippen molar-refractivity contribution < 1.29 is 18.7 Å². The SMILES string of the molecule is COc1cc(-c2onc3c2CCC3)cc(OC)c1OC. The van der Waals surface area contributed by atoms with E-state index in [1.54, 1.807) is 21.3 Å². The monoisotopic (exact) mass is 275 g/mol. The first-order chi connectivity index (χ1) is 9.78. The molecule has 5 nitrogen and oxygen atoms in total. The number of nitrogens with zero attached hydrogens (tertiary/aromatic N) is 1. The predicted molar refractivity (Wildman–Crippen MR) is 73.6 cm³/mol. The van der Waals surface area contributed by atoms with Crippen LogP contribution in [0.4, 0.5) is 0 Å². The van der Waals surface area contributed by atoms with E-state index >= 15 is 0 Å². The van der Waals surface area contributed by atoms with Crippen LogP contribution in [0.15, 0.2) is 16.7 Å². The lowest BCUT2D eigenvalue weighted by atomic mass is 10.1. The highest BCUT2D eigenvalue weighted by atomic mass is 16.5. The zero-order valence-electron chi connectivity index (χ0n) is 11.9. The first-order valence-electron chi connectivity index (χ1n) is 6.56. The van der Waals surface area contributed by atoms with Crippen LogP contribution in [0.1, 0.15) is 17.7 Å². The molecular formula is C15H17NO4. The van der Waals surface area contributed by atoms with E-state index in [0.29, 0.717) is 17.2 Å². The fourth-order valence-corrected chi connectivity index (χ4v) is 2.67. The second kappa shape index (κ2) is 5.07. The molecule has 0 aliphatic heterocycles. The second-order valence-electron chi connectivity index (χ2n) is 4.70. The lowest BCUT2D eigenvalue weighted by Gasteiger charge is -2.13. The number of rotatable bonds is 4. The molecule has 0 unspecified atom stereocenters. The van der Waals surface area contributed by atoms with E-state index in [4.69, 9.17) is 18.7 Å². The van der Waals surface area contributed by atoms with Gasteiger partial charge in [0, 0.05) is 11.1 Å². The zero-order chi connectivity index (χ0) is 14.1. The molecule has 20 heavy (non-hydrogen) atoms. The van der Waals surface area contributed by atoms with E-state index in [1.165, 1.54) is 5.56 Å². The molecule has 2 aromatic rings. The molecule has 1 aromatic heterocycles. The summed E-state index contributed by atoms with van der Waals surface area (Å²) in [5, 5.41) is 4.14. The smallest absolute Gasteiger partial charge is 0.203 e. The van der Waals surface area contributed by atoms with Crippen LogP contribution in [0.2, 0.25) is 0 Å². The van der Waals surface area contributed by atoms with Gasteiger partial charge in [-0.2, -0.15) is 0 Å². The third kappa shape index (κ3) is 1.90. The van der Waals surface area contributed by atoms with Crippen molar-refractivity contribution in [1.29, 1.82) is 0 Å². The van der Waals surface area contributed by atoms with E-state index in [1.807, 2.05) is 12.1 Å². The van der Waals surface area contributed by atoms with Crippen molar-refractivity contribution in [3.8, 4) is 28.6 Å². The van der Waals surface area contributed by atoms with E-state index in [2.05, 4.69) is 5.16 Å². The Morgan fingerprint density at radius 2 is 1.70 bits per heavy atom. The van der Waals surface area contributed by atoms with Gasteiger partial charge in [-0.15, -0.1) is 0 Å². The molecular weight excluding hydrogens is 258 g/mol. The molecule has 0 spiro atoms. The number of fused-ring (bicyclic) bond motifs is 1. The summed E-state index contributed by atoms with van der Waals surface area (Å²) < 4.78 is 21.6. The van der Waals surface area contributed by atoms with Crippen LogP contribution in [0.25, 0.3) is 11.3 Å². The summed E-state index contributed by atoms with van der Waals surface area (Å²) in [4.78, 5) is 0. The number of aryl methyl sites for hydroxylation is 1. The Morgan fingerprint density at radius 1 is 1.00 bits per heavy atom. The van der Waals surface area contributed by atoms with Gasteiger partial charge >= 0.3 is 0 Å². The van der Waals surface area contributed by atoms with E-state index in [-0.39, 0.29) is 0 Å². The minimum Gasteiger partial charge on any atom is -0.493 e. The summed E-state index contributed by atoms with van der Waals surface area (Å²) in [6.45, 7) is 0. The van der Waals surface area contributed by atoms with Gasteiger partial charge in [0.25, 0.3) is 0 Å². The fourth-order valence-electron chi connectivity index (χ4n) is 2.67. The van der Waals surface area contributed by atoms with Gasteiger partial charge in [-0.3, -0.25) is 0 Å². The number of methoxy groups -OCH3 is 3. The van der Waals surface area contributed by atoms with Crippen LogP contribution in [-0.2, 0) is 12.8 Å². The standard InChI is InChI=1S/C15H17NO4/c1-17-12-7-9(8-13(18-2)15(12)19-3)14-10-5-4-6-11(10)16-20-14/h7-8H,4-6H2,1-3H3. The summed E-state index contributed by atoms with van der Waals surface area (Å²) >= 11 is 0. The molecule has 0 saturated carbocycles. The van der Waals surface area contributed by atoms with Crippen LogP contribution >= 0.6 is 0 Å². The average Bonchev–Trinajstić information content (AvgIpc) is 3.08. The minimum atomic E-state index is 0.579. The number of aromatic nitrogens is 1. The molecule has 0 saturated heterocycles. The Hall–Kier alpha value is -2.17. The first kappa shape index (κ1) is 12.8. The molecule has 1 aromatic carbocycles. The Morgan fingerprint density at radius 3 is 2.30 bits per heavy atom. The molecule has 0 radical (unpaired) electrons. The van der Waals surface area contributed by atoms with Gasteiger partial charge in [0.05, 0.1) is 27.0 Å². The molecule has 1 aliphatic rings. The molecule has 0 atom stereocenters. The van der Waals surface area contributed by atoms with Gasteiger partial charge < -0.3 is 18.7 Å². The Kier molecular flexibility index (Phi) is 3.26. The molecule has 106 valence electrons. The molecule has 0 bridgehead atoms. The second-order valence-corrected chi connectivity index (χ2v) is 4.70. The highest BCUT2D eigenvalue weighted by Gasteiger charge is 2.24. The lowest BCUT2D eigenvalue weighted by Crippen LogP contribution is -1.96. The summed E-state index contributed by atoms with van der Waals surface area (Å²) in [5.41, 5.74) is 3.16. The Bertz CT molecular complexity index is 608. The van der Waals surface area contributed by atoms with Crippen molar-refractivity contribution in [2.24, 2.45) is 0 Å². The lowest BCUT2D eigenvalue weighted by molar-refractivity contribution is 0.324. The first-order valence-corrected chi connectivity index (χ1v) is 6.56. The third-order valence-electron chi connectivity index (χ3n) is 3.64. The van der Waals surface area contributed by atoms with Crippen molar-refractivity contribution in [1.82, 2.24) is 5.16 Å². The number of ether oxygens (including phenoxy) is 3. The summed E-state index contributed by atoms with van der Waals surface area (Å²) in [6, 6.07) is 3.78. The average molecular weight is 275 g/mol. The Labute approximate surface area is 117 Å². The van der Waals surface area contributed by atoms with Gasteiger partial charge in [-0.1, -0.05) is 5.16 Å². The Balaban J connectivity index is 2.14. The summed E-state index contributed by atoms with van der Waals surface area (Å²) in [5.74, 6) is 2.61. The van der Waals surface area contributed by atoms with Gasteiger partial charge in [0.15, 0.2) is 17.3 Å². The quantitative estimate of drug-likeness (QED) is 0.858. The van der Waals surface area contributed by atoms with Gasteiger partial charge in [0.2, 0.25) is 5.75 Å². The maximum absolute atomic E-state index is 5.49. The molecule has 1 heterocycles. The third-order valence-corrected chi connectivity index (χ3v) is 3.64. The normalized spacial score (nSPS) is 13.2. The minimum absolute atomic E-state index is 0.579. The molecule has 0 N–H and O–H groups in total. The molecule has 0 amide bonds. The largest absolute Gasteiger partial charge is 0.493 e. The van der Waals surface area contributed by atoms with E-state index in [9.17, 15) is 0 Å².